The molecule has 2 fully saturated rings. The zero-order chi connectivity index (χ0) is 15.5. The van der Waals surface area contributed by atoms with Crippen LogP contribution in [0.25, 0.3) is 0 Å². The van der Waals surface area contributed by atoms with Gasteiger partial charge in [0.05, 0.1) is 3.79 Å². The summed E-state index contributed by atoms with van der Waals surface area (Å²) in [5, 5.41) is 3.42. The van der Waals surface area contributed by atoms with E-state index in [4.69, 9.17) is 0 Å². The topological polar surface area (TPSA) is 35.6 Å². The van der Waals surface area contributed by atoms with E-state index in [1.54, 1.807) is 11.3 Å². The van der Waals surface area contributed by atoms with Crippen LogP contribution in [0.4, 0.5) is 0 Å². The first kappa shape index (κ1) is 16.4. The number of thiophene rings is 1. The Kier molecular flexibility index (Phi) is 5.55. The monoisotopic (exact) mass is 385 g/mol. The van der Waals surface area contributed by atoms with Crippen LogP contribution in [0, 0.1) is 5.92 Å². The van der Waals surface area contributed by atoms with Crippen LogP contribution in [-0.2, 0) is 11.3 Å². The molecule has 3 rings (SSSR count). The molecule has 0 aliphatic carbocycles. The zero-order valence-electron chi connectivity index (χ0n) is 13.1. The van der Waals surface area contributed by atoms with E-state index in [0.29, 0.717) is 11.9 Å². The highest BCUT2D eigenvalue weighted by Crippen LogP contribution is 2.24. The van der Waals surface area contributed by atoms with E-state index in [0.717, 1.165) is 52.1 Å². The molecule has 0 saturated carbocycles. The highest BCUT2D eigenvalue weighted by Gasteiger charge is 2.30. The number of piperidine rings is 1. The van der Waals surface area contributed by atoms with Gasteiger partial charge >= 0.3 is 0 Å². The standard InChI is InChI=1S/C16H24BrN3OS/c1-12-10-13(4-5-18-12)16(21)20-8-6-19(7-9-20)11-14-2-3-15(17)22-14/h2-3,12-13,18H,4-11H2,1H3/t12-,13-/m0/s1. The summed E-state index contributed by atoms with van der Waals surface area (Å²) in [5.74, 6) is 0.614. The summed E-state index contributed by atoms with van der Waals surface area (Å²) in [5.41, 5.74) is 0. The van der Waals surface area contributed by atoms with E-state index in [1.165, 1.54) is 8.66 Å². The van der Waals surface area contributed by atoms with Crippen LogP contribution in [0.3, 0.4) is 0 Å². The Morgan fingerprint density at radius 3 is 2.77 bits per heavy atom. The molecule has 122 valence electrons. The quantitative estimate of drug-likeness (QED) is 0.867. The molecule has 0 radical (unpaired) electrons. The van der Waals surface area contributed by atoms with Gasteiger partial charge in [0.25, 0.3) is 0 Å². The molecule has 2 aliphatic rings. The number of rotatable bonds is 3. The van der Waals surface area contributed by atoms with Crippen LogP contribution in [0.1, 0.15) is 24.6 Å². The van der Waals surface area contributed by atoms with Gasteiger partial charge in [0.2, 0.25) is 5.91 Å². The molecule has 0 unspecified atom stereocenters. The largest absolute Gasteiger partial charge is 0.340 e. The van der Waals surface area contributed by atoms with Gasteiger partial charge in [-0.3, -0.25) is 9.69 Å². The Balaban J connectivity index is 1.47. The van der Waals surface area contributed by atoms with Crippen molar-refractivity contribution in [2.45, 2.75) is 32.4 Å². The number of nitrogens with one attached hydrogen (secondary N) is 1. The molecule has 6 heteroatoms. The van der Waals surface area contributed by atoms with Gasteiger partial charge < -0.3 is 10.2 Å². The fourth-order valence-electron chi connectivity index (χ4n) is 3.40. The third-order valence-corrected chi connectivity index (χ3v) is 6.27. The van der Waals surface area contributed by atoms with Crippen molar-refractivity contribution in [3.8, 4) is 0 Å². The number of carbonyl (C=O) groups is 1. The number of amides is 1. The van der Waals surface area contributed by atoms with Crippen LogP contribution >= 0.6 is 27.3 Å². The Bertz CT molecular complexity index is 513. The second-order valence-corrected chi connectivity index (χ2v) is 8.93. The Morgan fingerprint density at radius 1 is 1.36 bits per heavy atom. The fraction of sp³-hybridized carbons (Fsp3) is 0.688. The third-order valence-electron chi connectivity index (χ3n) is 4.67. The van der Waals surface area contributed by atoms with E-state index in [9.17, 15) is 4.79 Å². The van der Waals surface area contributed by atoms with Crippen molar-refractivity contribution in [3.05, 3.63) is 20.8 Å². The molecule has 3 heterocycles. The van der Waals surface area contributed by atoms with Crippen LogP contribution in [-0.4, -0.2) is 54.5 Å². The lowest BCUT2D eigenvalue weighted by molar-refractivity contribution is -0.138. The zero-order valence-corrected chi connectivity index (χ0v) is 15.5. The fourth-order valence-corrected chi connectivity index (χ4v) is 4.92. The third kappa shape index (κ3) is 4.10. The van der Waals surface area contributed by atoms with Gasteiger partial charge in [-0.2, -0.15) is 0 Å². The van der Waals surface area contributed by atoms with Crippen molar-refractivity contribution in [1.29, 1.82) is 0 Å². The maximum absolute atomic E-state index is 12.6. The van der Waals surface area contributed by atoms with Crippen LogP contribution in [0.15, 0.2) is 15.9 Å². The molecule has 1 amide bonds. The van der Waals surface area contributed by atoms with Gasteiger partial charge in [0.1, 0.15) is 0 Å². The van der Waals surface area contributed by atoms with Gasteiger partial charge in [-0.05, 0) is 54.4 Å². The van der Waals surface area contributed by atoms with Crippen LogP contribution in [0.2, 0.25) is 0 Å². The summed E-state index contributed by atoms with van der Waals surface area (Å²) in [6, 6.07) is 4.77. The number of hydrogen-bond acceptors (Lipinski definition) is 4. The van der Waals surface area contributed by atoms with Crippen LogP contribution in [0.5, 0.6) is 0 Å². The number of nitrogens with zero attached hydrogens (tertiary/aromatic N) is 2. The predicted molar refractivity (Wildman–Crippen MR) is 94.1 cm³/mol. The van der Waals surface area contributed by atoms with Gasteiger partial charge in [0.15, 0.2) is 0 Å². The number of halogens is 1. The first-order valence-corrected chi connectivity index (χ1v) is 9.71. The minimum atomic E-state index is 0.232. The lowest BCUT2D eigenvalue weighted by atomic mass is 9.92. The average Bonchev–Trinajstić information content (AvgIpc) is 2.92. The molecule has 22 heavy (non-hydrogen) atoms. The van der Waals surface area contributed by atoms with Crippen LogP contribution < -0.4 is 5.32 Å². The van der Waals surface area contributed by atoms with Crippen molar-refractivity contribution in [1.82, 2.24) is 15.1 Å². The molecule has 2 aliphatic heterocycles. The van der Waals surface area contributed by atoms with E-state index < -0.39 is 0 Å². The molecule has 2 atom stereocenters. The van der Waals surface area contributed by atoms with E-state index >= 15 is 0 Å². The van der Waals surface area contributed by atoms with Gasteiger partial charge in [0, 0.05) is 49.6 Å². The van der Waals surface area contributed by atoms with Crippen molar-refractivity contribution in [2.75, 3.05) is 32.7 Å². The summed E-state index contributed by atoms with van der Waals surface area (Å²) in [6.45, 7) is 7.89. The molecular weight excluding hydrogens is 362 g/mol. The van der Waals surface area contributed by atoms with E-state index in [-0.39, 0.29) is 5.92 Å². The maximum Gasteiger partial charge on any atom is 0.225 e. The summed E-state index contributed by atoms with van der Waals surface area (Å²) in [4.78, 5) is 18.6. The molecule has 0 spiro atoms. The minimum Gasteiger partial charge on any atom is -0.340 e. The average molecular weight is 386 g/mol. The molecule has 4 nitrogen and oxygen atoms in total. The Morgan fingerprint density at radius 2 is 2.14 bits per heavy atom. The first-order chi connectivity index (χ1) is 10.6. The summed E-state index contributed by atoms with van der Waals surface area (Å²) < 4.78 is 1.19. The molecule has 1 aromatic rings. The summed E-state index contributed by atoms with van der Waals surface area (Å²) >= 11 is 5.32. The number of carbonyl (C=O) groups excluding carboxylic acids is 1. The molecular formula is C16H24BrN3OS. The summed E-state index contributed by atoms with van der Waals surface area (Å²) in [6.07, 6.45) is 1.98. The van der Waals surface area contributed by atoms with Crippen molar-refractivity contribution < 1.29 is 4.79 Å². The number of hydrogen-bond donors (Lipinski definition) is 1. The second kappa shape index (κ2) is 7.43. The molecule has 1 aromatic heterocycles. The highest BCUT2D eigenvalue weighted by molar-refractivity contribution is 9.11. The molecule has 0 bridgehead atoms. The summed E-state index contributed by atoms with van der Waals surface area (Å²) in [7, 11) is 0. The van der Waals surface area contributed by atoms with E-state index in [1.807, 2.05) is 0 Å². The van der Waals surface area contributed by atoms with E-state index in [2.05, 4.69) is 50.1 Å². The van der Waals surface area contributed by atoms with Gasteiger partial charge in [-0.25, -0.2) is 0 Å². The predicted octanol–water partition coefficient (Wildman–Crippen LogP) is 2.54. The normalized spacial score (nSPS) is 27.1. The van der Waals surface area contributed by atoms with Gasteiger partial charge in [-0.1, -0.05) is 0 Å². The minimum absolute atomic E-state index is 0.232. The molecule has 1 N–H and O–H groups in total. The number of piperazine rings is 1. The molecule has 0 aromatic carbocycles. The smallest absolute Gasteiger partial charge is 0.225 e. The lowest BCUT2D eigenvalue weighted by Gasteiger charge is -2.37. The van der Waals surface area contributed by atoms with Crippen molar-refractivity contribution in [2.24, 2.45) is 5.92 Å². The molecule has 2 saturated heterocycles. The van der Waals surface area contributed by atoms with Gasteiger partial charge in [-0.15, -0.1) is 11.3 Å². The highest BCUT2D eigenvalue weighted by atomic mass is 79.9. The Labute approximate surface area is 145 Å². The first-order valence-electron chi connectivity index (χ1n) is 8.10. The Hall–Kier alpha value is -0.430. The lowest BCUT2D eigenvalue weighted by Crippen LogP contribution is -2.51. The maximum atomic E-state index is 12.6. The SMILES string of the molecule is C[C@H]1C[C@@H](C(=O)N2CCN(Cc3ccc(Br)s3)CC2)CCN1. The van der Waals surface area contributed by atoms with Crippen molar-refractivity contribution >= 4 is 33.2 Å². The second-order valence-electron chi connectivity index (χ2n) is 6.38. The van der Waals surface area contributed by atoms with Crippen molar-refractivity contribution in [3.63, 3.8) is 0 Å².